The summed E-state index contributed by atoms with van der Waals surface area (Å²) in [6.07, 6.45) is 2.88. The van der Waals surface area contributed by atoms with Gasteiger partial charge < -0.3 is 4.90 Å². The normalized spacial score (nSPS) is 38.5. The molecule has 1 atom stereocenters. The molecule has 0 N–H and O–H groups in total. The van der Waals surface area contributed by atoms with Crippen LogP contribution in [0.3, 0.4) is 0 Å². The van der Waals surface area contributed by atoms with Gasteiger partial charge in [-0.25, -0.2) is 0 Å². The van der Waals surface area contributed by atoms with Gasteiger partial charge in [-0.15, -0.1) is 0 Å². The van der Waals surface area contributed by atoms with Crippen LogP contribution in [0, 0.1) is 5.92 Å². The van der Waals surface area contributed by atoms with Crippen molar-refractivity contribution in [2.24, 2.45) is 5.92 Å². The summed E-state index contributed by atoms with van der Waals surface area (Å²) in [6, 6.07) is 0. The molecule has 1 unspecified atom stereocenters. The molecule has 0 spiro atoms. The van der Waals surface area contributed by atoms with E-state index >= 15 is 0 Å². The highest BCUT2D eigenvalue weighted by molar-refractivity contribution is 8.07. The highest BCUT2D eigenvalue weighted by atomic mass is 32.2. The number of rotatable bonds is 2. The smallest absolute Gasteiger partial charge is 0.0252 e. The molecular weight excluding hydrogens is 166 g/mol. The minimum Gasteiger partial charge on any atom is -0.304 e. The van der Waals surface area contributed by atoms with Gasteiger partial charge in [-0.2, -0.15) is 11.8 Å². The quantitative estimate of drug-likeness (QED) is 0.607. The van der Waals surface area contributed by atoms with E-state index in [0.29, 0.717) is 4.75 Å². The second kappa shape index (κ2) is 3.22. The second-order valence-electron chi connectivity index (χ2n) is 4.31. The van der Waals surface area contributed by atoms with E-state index < -0.39 is 0 Å². The molecule has 2 saturated heterocycles. The first-order chi connectivity index (χ1) is 5.74. The Morgan fingerprint density at radius 3 is 2.42 bits per heavy atom. The third-order valence-electron chi connectivity index (χ3n) is 3.50. The topological polar surface area (TPSA) is 3.24 Å². The summed E-state index contributed by atoms with van der Waals surface area (Å²) in [7, 11) is 0. The molecule has 0 aromatic heterocycles. The lowest BCUT2D eigenvalue weighted by atomic mass is 9.86. The lowest BCUT2D eigenvalue weighted by molar-refractivity contribution is 0.181. The predicted molar refractivity (Wildman–Crippen MR) is 55.7 cm³/mol. The number of piperidine rings is 1. The molecule has 70 valence electrons. The van der Waals surface area contributed by atoms with Crippen LogP contribution in [0.15, 0.2) is 0 Å². The maximum atomic E-state index is 2.58. The minimum atomic E-state index is 0.694. The van der Waals surface area contributed by atoms with Crippen LogP contribution in [0.25, 0.3) is 0 Å². The molecule has 2 rings (SSSR count). The van der Waals surface area contributed by atoms with Crippen molar-refractivity contribution < 1.29 is 0 Å². The third-order valence-corrected chi connectivity index (χ3v) is 5.03. The van der Waals surface area contributed by atoms with E-state index in [2.05, 4.69) is 30.5 Å². The summed E-state index contributed by atoms with van der Waals surface area (Å²) >= 11 is 2.17. The van der Waals surface area contributed by atoms with Crippen molar-refractivity contribution in [3.05, 3.63) is 0 Å². The van der Waals surface area contributed by atoms with E-state index in [1.54, 1.807) is 0 Å². The van der Waals surface area contributed by atoms with Gasteiger partial charge in [0.25, 0.3) is 0 Å². The van der Waals surface area contributed by atoms with Gasteiger partial charge in [0.2, 0.25) is 0 Å². The molecule has 0 amide bonds. The Morgan fingerprint density at radius 1 is 1.42 bits per heavy atom. The molecule has 0 aromatic carbocycles. The van der Waals surface area contributed by atoms with Gasteiger partial charge in [0.15, 0.2) is 0 Å². The number of hydrogen-bond donors (Lipinski definition) is 0. The van der Waals surface area contributed by atoms with Crippen LogP contribution in [0.2, 0.25) is 0 Å². The van der Waals surface area contributed by atoms with Crippen molar-refractivity contribution in [1.29, 1.82) is 0 Å². The summed E-state index contributed by atoms with van der Waals surface area (Å²) in [6.45, 7) is 8.66. The zero-order valence-electron chi connectivity index (χ0n) is 8.18. The number of hydrogen-bond acceptors (Lipinski definition) is 2. The first-order valence-electron chi connectivity index (χ1n) is 5.11. The molecule has 0 radical (unpaired) electrons. The van der Waals surface area contributed by atoms with E-state index in [-0.39, 0.29) is 0 Å². The van der Waals surface area contributed by atoms with Gasteiger partial charge in [-0.05, 0) is 45.3 Å². The van der Waals surface area contributed by atoms with Crippen molar-refractivity contribution in [3.8, 4) is 0 Å². The van der Waals surface area contributed by atoms with Crippen molar-refractivity contribution in [2.45, 2.75) is 31.4 Å². The first kappa shape index (κ1) is 8.89. The van der Waals surface area contributed by atoms with Crippen LogP contribution in [0.5, 0.6) is 0 Å². The summed E-state index contributed by atoms with van der Waals surface area (Å²) < 4.78 is 0.694. The molecule has 2 fully saturated rings. The first-order valence-corrected chi connectivity index (χ1v) is 6.09. The number of nitrogens with zero attached hydrogens (tertiary/aromatic N) is 1. The average Bonchev–Trinajstić information content (AvgIpc) is 2.85. The maximum absolute atomic E-state index is 2.58. The molecular formula is C10H19NS. The van der Waals surface area contributed by atoms with E-state index in [1.807, 2.05) is 0 Å². The van der Waals surface area contributed by atoms with Gasteiger partial charge >= 0.3 is 0 Å². The van der Waals surface area contributed by atoms with Crippen molar-refractivity contribution >= 4 is 11.8 Å². The second-order valence-corrected chi connectivity index (χ2v) is 5.82. The highest BCUT2D eigenvalue weighted by Crippen LogP contribution is 2.52. The molecule has 2 aliphatic heterocycles. The van der Waals surface area contributed by atoms with Crippen LogP contribution in [0.4, 0.5) is 0 Å². The van der Waals surface area contributed by atoms with Gasteiger partial charge in [-0.3, -0.25) is 0 Å². The fourth-order valence-electron chi connectivity index (χ4n) is 2.21. The molecule has 0 aromatic rings. The molecule has 12 heavy (non-hydrogen) atoms. The Morgan fingerprint density at radius 2 is 2.00 bits per heavy atom. The summed E-state index contributed by atoms with van der Waals surface area (Å²) in [5, 5.41) is 0. The fraction of sp³-hybridized carbons (Fsp3) is 1.00. The van der Waals surface area contributed by atoms with E-state index in [9.17, 15) is 0 Å². The fourth-order valence-corrected chi connectivity index (χ4v) is 3.14. The minimum absolute atomic E-state index is 0.694. The Balaban J connectivity index is 1.82. The zero-order chi connectivity index (χ0) is 8.60. The SMILES string of the molecule is CCN1CCC(C2(C)CS2)CC1. The summed E-state index contributed by atoms with van der Waals surface area (Å²) in [5.41, 5.74) is 0. The summed E-state index contributed by atoms with van der Waals surface area (Å²) in [4.78, 5) is 2.58. The lowest BCUT2D eigenvalue weighted by Gasteiger charge is -2.33. The van der Waals surface area contributed by atoms with Gasteiger partial charge in [0.1, 0.15) is 0 Å². The van der Waals surface area contributed by atoms with Crippen molar-refractivity contribution in [3.63, 3.8) is 0 Å². The molecule has 1 nitrogen and oxygen atoms in total. The largest absolute Gasteiger partial charge is 0.304 e. The summed E-state index contributed by atoms with van der Waals surface area (Å²) in [5.74, 6) is 2.44. The Bertz CT molecular complexity index is 157. The van der Waals surface area contributed by atoms with E-state index in [4.69, 9.17) is 0 Å². The molecule has 2 heterocycles. The van der Waals surface area contributed by atoms with Crippen LogP contribution in [0.1, 0.15) is 26.7 Å². The monoisotopic (exact) mass is 185 g/mol. The highest BCUT2D eigenvalue weighted by Gasteiger charge is 2.46. The van der Waals surface area contributed by atoms with Gasteiger partial charge in [0.05, 0.1) is 0 Å². The van der Waals surface area contributed by atoms with E-state index in [0.717, 1.165) is 5.92 Å². The predicted octanol–water partition coefficient (Wildman–Crippen LogP) is 2.22. The van der Waals surface area contributed by atoms with Gasteiger partial charge in [-0.1, -0.05) is 6.92 Å². The Kier molecular flexibility index (Phi) is 2.39. The Hall–Kier alpha value is 0.310. The molecule has 0 bridgehead atoms. The zero-order valence-corrected chi connectivity index (χ0v) is 8.99. The van der Waals surface area contributed by atoms with Crippen LogP contribution in [-0.2, 0) is 0 Å². The van der Waals surface area contributed by atoms with E-state index in [1.165, 1.54) is 38.2 Å². The van der Waals surface area contributed by atoms with Gasteiger partial charge in [0, 0.05) is 10.5 Å². The maximum Gasteiger partial charge on any atom is 0.0252 e. The van der Waals surface area contributed by atoms with Crippen LogP contribution < -0.4 is 0 Å². The molecule has 0 saturated carbocycles. The van der Waals surface area contributed by atoms with Crippen LogP contribution in [-0.4, -0.2) is 35.0 Å². The number of thioether (sulfide) groups is 1. The van der Waals surface area contributed by atoms with Crippen molar-refractivity contribution in [2.75, 3.05) is 25.4 Å². The standard InChI is InChI=1S/C10H19NS/c1-3-11-6-4-9(5-7-11)10(2)8-12-10/h9H,3-8H2,1-2H3. The molecule has 2 heteroatoms. The van der Waals surface area contributed by atoms with Crippen molar-refractivity contribution in [1.82, 2.24) is 4.90 Å². The molecule has 2 aliphatic rings. The Labute approximate surface area is 79.9 Å². The third kappa shape index (κ3) is 1.64. The van der Waals surface area contributed by atoms with Crippen LogP contribution >= 0.6 is 11.8 Å². The average molecular weight is 185 g/mol. The molecule has 0 aliphatic carbocycles. The number of likely N-dealkylation sites (tertiary alicyclic amines) is 1. The lowest BCUT2D eigenvalue weighted by Crippen LogP contribution is -2.37.